The van der Waals surface area contributed by atoms with Crippen molar-refractivity contribution in [2.75, 3.05) is 31.7 Å². The van der Waals surface area contributed by atoms with Crippen LogP contribution in [0.25, 0.3) is 0 Å². The summed E-state index contributed by atoms with van der Waals surface area (Å²) >= 11 is 0. The van der Waals surface area contributed by atoms with E-state index in [1.807, 2.05) is 0 Å². The number of carbonyl (C=O) groups excluding carboxylic acids is 1. The van der Waals surface area contributed by atoms with Crippen molar-refractivity contribution in [1.29, 1.82) is 0 Å². The van der Waals surface area contributed by atoms with Crippen molar-refractivity contribution in [3.63, 3.8) is 0 Å². The van der Waals surface area contributed by atoms with Gasteiger partial charge in [-0.25, -0.2) is 4.39 Å². The van der Waals surface area contributed by atoms with E-state index in [1.54, 1.807) is 24.1 Å². The highest BCUT2D eigenvalue weighted by molar-refractivity contribution is 5.85. The molecule has 0 radical (unpaired) electrons. The minimum atomic E-state index is -0.508. The fourth-order valence-electron chi connectivity index (χ4n) is 2.25. The molecule has 2 rings (SSSR count). The predicted molar refractivity (Wildman–Crippen MR) is 68.3 cm³/mol. The van der Waals surface area contributed by atoms with E-state index in [4.69, 9.17) is 4.74 Å². The van der Waals surface area contributed by atoms with E-state index in [1.165, 1.54) is 6.07 Å². The van der Waals surface area contributed by atoms with Crippen LogP contribution in [0.15, 0.2) is 18.2 Å². The monoisotopic (exact) mass is 268 g/mol. The number of morpholine rings is 1. The van der Waals surface area contributed by atoms with Gasteiger partial charge >= 0.3 is 0 Å². The number of halogens is 1. The molecule has 1 aliphatic heterocycles. The highest BCUT2D eigenvalue weighted by Crippen LogP contribution is 2.26. The van der Waals surface area contributed by atoms with Crippen molar-refractivity contribution < 1.29 is 19.0 Å². The van der Waals surface area contributed by atoms with Crippen LogP contribution in [-0.4, -0.2) is 43.9 Å². The summed E-state index contributed by atoms with van der Waals surface area (Å²) in [5.74, 6) is -0.657. The van der Waals surface area contributed by atoms with Crippen LogP contribution in [-0.2, 0) is 16.1 Å². The summed E-state index contributed by atoms with van der Waals surface area (Å²) in [5.41, 5.74) is 0.748. The van der Waals surface area contributed by atoms with Gasteiger partial charge in [0.2, 0.25) is 5.91 Å². The second-order valence-electron chi connectivity index (χ2n) is 4.29. The molecule has 0 aliphatic carbocycles. The molecule has 19 heavy (non-hydrogen) atoms. The molecular weight excluding hydrogens is 251 g/mol. The van der Waals surface area contributed by atoms with Crippen molar-refractivity contribution in [2.45, 2.75) is 12.6 Å². The number of aliphatic hydroxyl groups excluding tert-OH is 1. The highest BCUT2D eigenvalue weighted by atomic mass is 19.1. The zero-order valence-electron chi connectivity index (χ0n) is 10.7. The molecule has 1 heterocycles. The maximum absolute atomic E-state index is 13.7. The Bertz CT molecular complexity index is 467. The molecule has 6 heteroatoms. The topological polar surface area (TPSA) is 61.8 Å². The predicted octanol–water partition coefficient (Wildman–Crippen LogP) is 0.269. The van der Waals surface area contributed by atoms with Gasteiger partial charge in [-0.05, 0) is 12.1 Å². The van der Waals surface area contributed by atoms with Gasteiger partial charge < -0.3 is 20.1 Å². The zero-order chi connectivity index (χ0) is 13.8. The summed E-state index contributed by atoms with van der Waals surface area (Å²) in [6.45, 7) is 0.796. The molecule has 1 aliphatic rings. The standard InChI is InChI=1S/C13H17FN2O3/c1-15-13(18)12-8-19-6-5-16(12)11-4-2-3-10(14)9(11)7-17/h2-4,12,17H,5-8H2,1H3,(H,15,18). The molecular formula is C13H17FN2O3. The fourth-order valence-corrected chi connectivity index (χ4v) is 2.25. The number of likely N-dealkylation sites (N-methyl/N-ethyl adjacent to an activating group) is 1. The molecule has 104 valence electrons. The highest BCUT2D eigenvalue weighted by Gasteiger charge is 2.30. The Morgan fingerprint density at radius 1 is 1.63 bits per heavy atom. The van der Waals surface area contributed by atoms with Crippen molar-refractivity contribution >= 4 is 11.6 Å². The zero-order valence-corrected chi connectivity index (χ0v) is 10.7. The third kappa shape index (κ3) is 2.69. The van der Waals surface area contributed by atoms with Crippen LogP contribution in [0, 0.1) is 5.82 Å². The Labute approximate surface area is 111 Å². The summed E-state index contributed by atoms with van der Waals surface area (Å²) in [6, 6.07) is 4.06. The molecule has 1 saturated heterocycles. The first kappa shape index (κ1) is 13.8. The number of amides is 1. The summed E-state index contributed by atoms with van der Waals surface area (Å²) in [7, 11) is 1.55. The van der Waals surface area contributed by atoms with E-state index in [9.17, 15) is 14.3 Å². The van der Waals surface area contributed by atoms with Gasteiger partial charge in [-0.1, -0.05) is 6.07 Å². The number of ether oxygens (including phenoxy) is 1. The number of aliphatic hydroxyl groups is 1. The summed E-state index contributed by atoms with van der Waals surface area (Å²) < 4.78 is 19.0. The molecule has 1 unspecified atom stereocenters. The third-order valence-corrected chi connectivity index (χ3v) is 3.24. The van der Waals surface area contributed by atoms with Crippen LogP contribution >= 0.6 is 0 Å². The van der Waals surface area contributed by atoms with Crippen molar-refractivity contribution in [3.8, 4) is 0 Å². The van der Waals surface area contributed by atoms with Gasteiger partial charge in [0, 0.05) is 24.8 Å². The van der Waals surface area contributed by atoms with Gasteiger partial charge in [0.15, 0.2) is 0 Å². The number of nitrogens with one attached hydrogen (secondary N) is 1. The van der Waals surface area contributed by atoms with Gasteiger partial charge in [0.05, 0.1) is 19.8 Å². The van der Waals surface area contributed by atoms with Crippen LogP contribution in [0.2, 0.25) is 0 Å². The van der Waals surface area contributed by atoms with Gasteiger partial charge in [-0.3, -0.25) is 4.79 Å². The Hall–Kier alpha value is -1.66. The normalized spacial score (nSPS) is 19.3. The molecule has 2 N–H and O–H groups in total. The van der Waals surface area contributed by atoms with Crippen LogP contribution in [0.4, 0.5) is 10.1 Å². The first-order valence-corrected chi connectivity index (χ1v) is 6.13. The van der Waals surface area contributed by atoms with E-state index in [2.05, 4.69) is 5.32 Å². The number of carbonyl (C=O) groups is 1. The Morgan fingerprint density at radius 3 is 3.11 bits per heavy atom. The van der Waals surface area contributed by atoms with Crippen molar-refractivity contribution in [1.82, 2.24) is 5.32 Å². The number of nitrogens with zero attached hydrogens (tertiary/aromatic N) is 1. The quantitative estimate of drug-likeness (QED) is 0.826. The van der Waals surface area contributed by atoms with Gasteiger partial charge in [-0.2, -0.15) is 0 Å². The molecule has 1 amide bonds. The molecule has 0 aromatic heterocycles. The first-order valence-electron chi connectivity index (χ1n) is 6.13. The molecule has 1 aromatic carbocycles. The number of hydrogen-bond donors (Lipinski definition) is 2. The van der Waals surface area contributed by atoms with Crippen LogP contribution < -0.4 is 10.2 Å². The Kier molecular flexibility index (Phi) is 4.34. The average molecular weight is 268 g/mol. The summed E-state index contributed by atoms with van der Waals surface area (Å²) in [6.07, 6.45) is 0. The molecule has 5 nitrogen and oxygen atoms in total. The smallest absolute Gasteiger partial charge is 0.244 e. The number of hydrogen-bond acceptors (Lipinski definition) is 4. The van der Waals surface area contributed by atoms with E-state index >= 15 is 0 Å². The summed E-state index contributed by atoms with van der Waals surface area (Å²) in [4.78, 5) is 13.6. The van der Waals surface area contributed by atoms with E-state index < -0.39 is 18.5 Å². The van der Waals surface area contributed by atoms with E-state index in [-0.39, 0.29) is 18.1 Å². The first-order chi connectivity index (χ1) is 9.19. The minimum absolute atomic E-state index is 0.187. The average Bonchev–Trinajstić information content (AvgIpc) is 2.46. The molecule has 0 saturated carbocycles. The maximum atomic E-state index is 13.7. The number of benzene rings is 1. The van der Waals surface area contributed by atoms with Gasteiger partial charge in [0.1, 0.15) is 11.9 Å². The molecule has 1 atom stereocenters. The van der Waals surface area contributed by atoms with Gasteiger partial charge in [-0.15, -0.1) is 0 Å². The lowest BCUT2D eigenvalue weighted by Crippen LogP contribution is -2.53. The van der Waals surface area contributed by atoms with Gasteiger partial charge in [0.25, 0.3) is 0 Å². The molecule has 0 spiro atoms. The third-order valence-electron chi connectivity index (χ3n) is 3.24. The number of rotatable bonds is 3. The minimum Gasteiger partial charge on any atom is -0.391 e. The lowest BCUT2D eigenvalue weighted by atomic mass is 10.1. The van der Waals surface area contributed by atoms with Crippen molar-refractivity contribution in [3.05, 3.63) is 29.6 Å². The van der Waals surface area contributed by atoms with Crippen LogP contribution in [0.3, 0.4) is 0 Å². The lowest BCUT2D eigenvalue weighted by molar-refractivity contribution is -0.124. The second kappa shape index (κ2) is 5.99. The number of anilines is 1. The largest absolute Gasteiger partial charge is 0.391 e. The van der Waals surface area contributed by atoms with E-state index in [0.717, 1.165) is 0 Å². The van der Waals surface area contributed by atoms with E-state index in [0.29, 0.717) is 18.8 Å². The second-order valence-corrected chi connectivity index (χ2v) is 4.29. The summed E-state index contributed by atoms with van der Waals surface area (Å²) in [5, 5.41) is 11.9. The molecule has 1 aromatic rings. The van der Waals surface area contributed by atoms with Crippen molar-refractivity contribution in [2.24, 2.45) is 0 Å². The Balaban J connectivity index is 2.37. The van der Waals surface area contributed by atoms with Crippen LogP contribution in [0.1, 0.15) is 5.56 Å². The Morgan fingerprint density at radius 2 is 2.42 bits per heavy atom. The molecule has 1 fully saturated rings. The fraction of sp³-hybridized carbons (Fsp3) is 0.462. The molecule has 0 bridgehead atoms. The van der Waals surface area contributed by atoms with Crippen LogP contribution in [0.5, 0.6) is 0 Å². The lowest BCUT2D eigenvalue weighted by Gasteiger charge is -2.37. The SMILES string of the molecule is CNC(=O)C1COCCN1c1cccc(F)c1CO. The maximum Gasteiger partial charge on any atom is 0.244 e.